The van der Waals surface area contributed by atoms with Gasteiger partial charge in [0.15, 0.2) is 11.5 Å². The standard InChI is InChI=1S/C27H24N2O3S/c1-18(33)12-19-8-10-22(11-9-19)24-14-21(15-25(32-2)26(24)30)13-23(16-28)27(31)29-17-20-6-4-3-5-7-20/h3-11,13-15,30,33H,1,12,17H2,2H3,(H,29,31). The highest BCUT2D eigenvalue weighted by Gasteiger charge is 2.14. The molecule has 2 N–H and O–H groups in total. The molecular weight excluding hydrogens is 432 g/mol. The summed E-state index contributed by atoms with van der Waals surface area (Å²) in [5, 5.41) is 23.0. The fraction of sp³-hybridized carbons (Fsp3) is 0.111. The summed E-state index contributed by atoms with van der Waals surface area (Å²) < 4.78 is 5.32. The number of phenolic OH excluding ortho intramolecular Hbond substituents is 1. The minimum Gasteiger partial charge on any atom is -0.504 e. The second-order valence-electron chi connectivity index (χ2n) is 7.40. The number of carbonyl (C=O) groups is 1. The van der Waals surface area contributed by atoms with Crippen molar-refractivity contribution >= 4 is 24.6 Å². The lowest BCUT2D eigenvalue weighted by Crippen LogP contribution is -2.23. The highest BCUT2D eigenvalue weighted by molar-refractivity contribution is 7.84. The van der Waals surface area contributed by atoms with E-state index in [1.54, 1.807) is 12.1 Å². The average molecular weight is 457 g/mol. The first kappa shape index (κ1) is 23.7. The third-order valence-corrected chi connectivity index (χ3v) is 5.12. The lowest BCUT2D eigenvalue weighted by Gasteiger charge is -2.12. The summed E-state index contributed by atoms with van der Waals surface area (Å²) in [6.07, 6.45) is 2.12. The number of nitriles is 1. The van der Waals surface area contributed by atoms with E-state index in [1.165, 1.54) is 13.2 Å². The topological polar surface area (TPSA) is 82.4 Å². The largest absolute Gasteiger partial charge is 0.504 e. The van der Waals surface area contributed by atoms with Crippen molar-refractivity contribution in [2.75, 3.05) is 7.11 Å². The number of nitrogens with one attached hydrogen (secondary N) is 1. The molecule has 0 saturated carbocycles. The molecule has 6 heteroatoms. The summed E-state index contributed by atoms with van der Waals surface area (Å²) in [5.41, 5.74) is 3.77. The summed E-state index contributed by atoms with van der Waals surface area (Å²) >= 11 is 4.24. The zero-order valence-corrected chi connectivity index (χ0v) is 19.1. The number of carbonyl (C=O) groups excluding carboxylic acids is 1. The fourth-order valence-corrected chi connectivity index (χ4v) is 3.50. The molecule has 0 atom stereocenters. The van der Waals surface area contributed by atoms with E-state index in [0.717, 1.165) is 21.6 Å². The molecule has 0 fully saturated rings. The average Bonchev–Trinajstić information content (AvgIpc) is 2.82. The number of phenols is 1. The Hall–Kier alpha value is -3.95. The van der Waals surface area contributed by atoms with Gasteiger partial charge in [-0.2, -0.15) is 5.26 Å². The van der Waals surface area contributed by atoms with Gasteiger partial charge in [-0.05, 0) is 45.4 Å². The highest BCUT2D eigenvalue weighted by Crippen LogP contribution is 2.39. The molecule has 0 aliphatic carbocycles. The molecule has 0 aliphatic heterocycles. The number of hydrogen-bond acceptors (Lipinski definition) is 5. The van der Waals surface area contributed by atoms with Crippen molar-refractivity contribution in [1.29, 1.82) is 5.26 Å². The molecular formula is C27H24N2O3S. The predicted molar refractivity (Wildman–Crippen MR) is 134 cm³/mol. The maximum atomic E-state index is 12.6. The Kier molecular flexibility index (Phi) is 7.96. The molecule has 5 nitrogen and oxygen atoms in total. The van der Waals surface area contributed by atoms with Crippen molar-refractivity contribution in [2.24, 2.45) is 0 Å². The molecule has 1 amide bonds. The van der Waals surface area contributed by atoms with Crippen LogP contribution in [0.5, 0.6) is 11.5 Å². The zero-order valence-electron chi connectivity index (χ0n) is 18.2. The number of rotatable bonds is 8. The molecule has 0 unspecified atom stereocenters. The van der Waals surface area contributed by atoms with Crippen molar-refractivity contribution in [3.8, 4) is 28.7 Å². The molecule has 3 aromatic carbocycles. The van der Waals surface area contributed by atoms with Crippen LogP contribution in [0.15, 0.2) is 83.8 Å². The van der Waals surface area contributed by atoms with E-state index >= 15 is 0 Å². The molecule has 0 saturated heterocycles. The number of hydrogen-bond donors (Lipinski definition) is 3. The minimum atomic E-state index is -0.480. The number of methoxy groups -OCH3 is 1. The van der Waals surface area contributed by atoms with Gasteiger partial charge in [-0.25, -0.2) is 0 Å². The van der Waals surface area contributed by atoms with Gasteiger partial charge in [0.05, 0.1) is 7.11 Å². The molecule has 0 aliphatic rings. The number of allylic oxidation sites excluding steroid dienone is 1. The Morgan fingerprint density at radius 3 is 2.45 bits per heavy atom. The molecule has 0 heterocycles. The highest BCUT2D eigenvalue weighted by atomic mass is 32.1. The molecule has 166 valence electrons. The quantitative estimate of drug-likeness (QED) is 0.245. The van der Waals surface area contributed by atoms with Crippen LogP contribution < -0.4 is 10.1 Å². The summed E-state index contributed by atoms with van der Waals surface area (Å²) in [6, 6.07) is 22.3. The van der Waals surface area contributed by atoms with E-state index in [0.29, 0.717) is 24.1 Å². The summed E-state index contributed by atoms with van der Waals surface area (Å²) in [6.45, 7) is 4.12. The molecule has 3 rings (SSSR count). The zero-order chi connectivity index (χ0) is 23.8. The van der Waals surface area contributed by atoms with Crippen LogP contribution in [0.3, 0.4) is 0 Å². The third kappa shape index (κ3) is 6.28. The van der Waals surface area contributed by atoms with E-state index in [1.807, 2.05) is 60.7 Å². The van der Waals surface area contributed by atoms with E-state index in [4.69, 9.17) is 4.74 Å². The Morgan fingerprint density at radius 1 is 1.15 bits per heavy atom. The Morgan fingerprint density at radius 2 is 1.85 bits per heavy atom. The van der Waals surface area contributed by atoms with Crippen LogP contribution in [-0.4, -0.2) is 18.1 Å². The van der Waals surface area contributed by atoms with Crippen molar-refractivity contribution in [1.82, 2.24) is 5.32 Å². The number of benzene rings is 3. The van der Waals surface area contributed by atoms with E-state index < -0.39 is 5.91 Å². The predicted octanol–water partition coefficient (Wildman–Crippen LogP) is 5.28. The van der Waals surface area contributed by atoms with Crippen molar-refractivity contribution in [3.05, 3.63) is 100 Å². The number of amides is 1. The normalized spacial score (nSPS) is 10.9. The summed E-state index contributed by atoms with van der Waals surface area (Å²) in [7, 11) is 1.45. The lowest BCUT2D eigenvalue weighted by atomic mass is 9.98. The van der Waals surface area contributed by atoms with Gasteiger partial charge in [-0.1, -0.05) is 61.2 Å². The van der Waals surface area contributed by atoms with Crippen LogP contribution in [0.2, 0.25) is 0 Å². The number of ether oxygens (including phenoxy) is 1. The van der Waals surface area contributed by atoms with E-state index in [2.05, 4.69) is 24.5 Å². The molecule has 3 aromatic rings. The van der Waals surface area contributed by atoms with Gasteiger partial charge >= 0.3 is 0 Å². The van der Waals surface area contributed by atoms with E-state index in [9.17, 15) is 15.2 Å². The maximum absolute atomic E-state index is 12.6. The first-order valence-corrected chi connectivity index (χ1v) is 10.7. The SMILES string of the molecule is C=C(S)Cc1ccc(-c2cc(C=C(C#N)C(=O)NCc3ccccc3)cc(OC)c2O)cc1. The molecule has 33 heavy (non-hydrogen) atoms. The van der Waals surface area contributed by atoms with Crippen molar-refractivity contribution in [2.45, 2.75) is 13.0 Å². The van der Waals surface area contributed by atoms with Gasteiger partial charge < -0.3 is 15.2 Å². The molecule has 0 spiro atoms. The van der Waals surface area contributed by atoms with Gasteiger partial charge in [0.2, 0.25) is 0 Å². The van der Waals surface area contributed by atoms with Crippen LogP contribution in [0.4, 0.5) is 0 Å². The Bertz CT molecular complexity index is 1230. The van der Waals surface area contributed by atoms with E-state index in [-0.39, 0.29) is 17.1 Å². The van der Waals surface area contributed by atoms with Gasteiger partial charge in [-0.3, -0.25) is 4.79 Å². The maximum Gasteiger partial charge on any atom is 0.262 e. The van der Waals surface area contributed by atoms with Crippen LogP contribution >= 0.6 is 12.6 Å². The third-order valence-electron chi connectivity index (χ3n) is 4.96. The number of aromatic hydroxyl groups is 1. The monoisotopic (exact) mass is 456 g/mol. The second kappa shape index (κ2) is 11.1. The van der Waals surface area contributed by atoms with Gasteiger partial charge in [0, 0.05) is 18.5 Å². The first-order chi connectivity index (χ1) is 15.9. The van der Waals surface area contributed by atoms with Gasteiger partial charge in [0.25, 0.3) is 5.91 Å². The fourth-order valence-electron chi connectivity index (χ4n) is 3.31. The van der Waals surface area contributed by atoms with Crippen molar-refractivity contribution in [3.63, 3.8) is 0 Å². The number of nitrogens with zero attached hydrogens (tertiary/aromatic N) is 1. The Balaban J connectivity index is 1.90. The lowest BCUT2D eigenvalue weighted by molar-refractivity contribution is -0.117. The van der Waals surface area contributed by atoms with Crippen LogP contribution in [0.1, 0.15) is 16.7 Å². The molecule has 0 aromatic heterocycles. The number of thiol groups is 1. The van der Waals surface area contributed by atoms with Gasteiger partial charge in [-0.15, -0.1) is 12.6 Å². The van der Waals surface area contributed by atoms with Crippen LogP contribution in [0.25, 0.3) is 17.2 Å². The van der Waals surface area contributed by atoms with Gasteiger partial charge in [0.1, 0.15) is 11.6 Å². The van der Waals surface area contributed by atoms with Crippen LogP contribution in [0, 0.1) is 11.3 Å². The molecule has 0 radical (unpaired) electrons. The molecule has 0 bridgehead atoms. The van der Waals surface area contributed by atoms with Crippen LogP contribution in [-0.2, 0) is 17.8 Å². The summed E-state index contributed by atoms with van der Waals surface area (Å²) in [5.74, 6) is -0.257. The minimum absolute atomic E-state index is 0.0203. The first-order valence-electron chi connectivity index (χ1n) is 10.2. The second-order valence-corrected chi connectivity index (χ2v) is 8.03. The summed E-state index contributed by atoms with van der Waals surface area (Å²) in [4.78, 5) is 13.3. The van der Waals surface area contributed by atoms with Crippen molar-refractivity contribution < 1.29 is 14.6 Å². The smallest absolute Gasteiger partial charge is 0.262 e. The Labute approximate surface area is 199 Å².